The Morgan fingerprint density at radius 1 is 1.40 bits per heavy atom. The van der Waals surface area contributed by atoms with Crippen molar-refractivity contribution in [1.29, 1.82) is 0 Å². The number of nitrogens with one attached hydrogen (secondary N) is 1. The molecule has 1 amide bonds. The highest BCUT2D eigenvalue weighted by Crippen LogP contribution is 2.17. The molecule has 0 aliphatic heterocycles. The Kier molecular flexibility index (Phi) is 4.56. The van der Waals surface area contributed by atoms with Crippen molar-refractivity contribution in [2.45, 2.75) is 0 Å². The molecule has 6 nitrogen and oxygen atoms in total. The summed E-state index contributed by atoms with van der Waals surface area (Å²) in [5.41, 5.74) is 6.18. The molecule has 0 bridgehead atoms. The monoisotopic (exact) mass is 288 g/mol. The van der Waals surface area contributed by atoms with E-state index in [2.05, 4.69) is 15.3 Å². The minimum atomic E-state index is -0.343. The van der Waals surface area contributed by atoms with Gasteiger partial charge < -0.3 is 15.8 Å². The second-order valence-electron chi connectivity index (χ2n) is 3.83. The summed E-state index contributed by atoms with van der Waals surface area (Å²) < 4.78 is 5.35. The first kappa shape index (κ1) is 13.9. The predicted octanol–water partition coefficient (Wildman–Crippen LogP) is 1.39. The third kappa shape index (κ3) is 3.99. The quantitative estimate of drug-likeness (QED) is 0.808. The number of nitrogens with zero attached hydrogens (tertiary/aromatic N) is 2. The van der Waals surface area contributed by atoms with Gasteiger partial charge in [0.1, 0.15) is 23.0 Å². The number of hydrogen-bond donors (Lipinski definition) is 2. The summed E-state index contributed by atoms with van der Waals surface area (Å²) in [7, 11) is 0. The zero-order valence-corrected chi connectivity index (χ0v) is 11.3. The molecule has 1 aromatic heterocycles. The van der Waals surface area contributed by atoms with E-state index in [1.807, 2.05) is 0 Å². The molecule has 1 heterocycles. The molecule has 0 fully saturated rings. The summed E-state index contributed by atoms with van der Waals surface area (Å²) in [6.07, 6.45) is 4.35. The fourth-order valence-corrected chi connectivity index (χ4v) is 1.49. The maximum atomic E-state index is 11.9. The summed E-state index contributed by atoms with van der Waals surface area (Å²) in [6, 6.07) is 6.91. The lowest BCUT2D eigenvalue weighted by Crippen LogP contribution is -2.18. The molecule has 0 aliphatic carbocycles. The Balaban J connectivity index is 2.04. The van der Waals surface area contributed by atoms with Crippen LogP contribution in [-0.2, 0) is 0 Å². The second kappa shape index (κ2) is 6.58. The molecule has 0 atom stereocenters. The predicted molar refractivity (Wildman–Crippen MR) is 78.7 cm³/mol. The van der Waals surface area contributed by atoms with Crippen LogP contribution < -0.4 is 15.8 Å². The first-order valence-corrected chi connectivity index (χ1v) is 6.14. The lowest BCUT2D eigenvalue weighted by atomic mass is 10.3. The molecule has 1 aromatic carbocycles. The molecule has 102 valence electrons. The lowest BCUT2D eigenvalue weighted by Gasteiger charge is -2.08. The van der Waals surface area contributed by atoms with Crippen LogP contribution in [0.2, 0.25) is 0 Å². The van der Waals surface area contributed by atoms with Crippen LogP contribution >= 0.6 is 12.2 Å². The molecule has 2 rings (SSSR count). The van der Waals surface area contributed by atoms with Gasteiger partial charge in [0.05, 0.1) is 6.20 Å². The molecule has 0 aliphatic rings. The first-order valence-electron chi connectivity index (χ1n) is 5.73. The number of carbonyl (C=O) groups excluding carboxylic acids is 1. The molecule has 2 aromatic rings. The van der Waals surface area contributed by atoms with Gasteiger partial charge in [-0.1, -0.05) is 18.3 Å². The number of amides is 1. The summed E-state index contributed by atoms with van der Waals surface area (Å²) in [5.74, 6) is 0.222. The van der Waals surface area contributed by atoms with Crippen molar-refractivity contribution in [2.24, 2.45) is 5.73 Å². The maximum absolute atomic E-state index is 11.9. The highest BCUT2D eigenvalue weighted by Gasteiger charge is 2.07. The minimum absolute atomic E-state index is 0.150. The van der Waals surface area contributed by atoms with E-state index in [-0.39, 0.29) is 23.2 Å². The van der Waals surface area contributed by atoms with Crippen molar-refractivity contribution in [1.82, 2.24) is 9.97 Å². The van der Waals surface area contributed by atoms with E-state index in [4.69, 9.17) is 22.7 Å². The Hall–Kier alpha value is -2.54. The number of hydrogen-bond acceptors (Lipinski definition) is 5. The highest BCUT2D eigenvalue weighted by molar-refractivity contribution is 7.80. The van der Waals surface area contributed by atoms with Gasteiger partial charge in [-0.3, -0.25) is 9.78 Å². The third-order valence-corrected chi connectivity index (χ3v) is 2.39. The Morgan fingerprint density at radius 2 is 2.25 bits per heavy atom. The van der Waals surface area contributed by atoms with Crippen molar-refractivity contribution >= 4 is 28.8 Å². The van der Waals surface area contributed by atoms with Gasteiger partial charge in [-0.2, -0.15) is 0 Å². The van der Waals surface area contributed by atoms with Gasteiger partial charge in [0.25, 0.3) is 5.91 Å². The summed E-state index contributed by atoms with van der Waals surface area (Å²) >= 11 is 4.73. The summed E-state index contributed by atoms with van der Waals surface area (Å²) in [4.78, 5) is 19.9. The topological polar surface area (TPSA) is 90.1 Å². The van der Waals surface area contributed by atoms with Crippen LogP contribution in [0.15, 0.2) is 42.9 Å². The average molecular weight is 288 g/mol. The lowest BCUT2D eigenvalue weighted by molar-refractivity contribution is 0.102. The SMILES string of the molecule is NC(=S)COc1cccc(NC(=O)c2cnccn2)c1. The van der Waals surface area contributed by atoms with Crippen molar-refractivity contribution in [3.63, 3.8) is 0 Å². The van der Waals surface area contributed by atoms with Gasteiger partial charge in [-0.15, -0.1) is 0 Å². The van der Waals surface area contributed by atoms with Crippen molar-refractivity contribution in [3.05, 3.63) is 48.5 Å². The first-order chi connectivity index (χ1) is 9.65. The van der Waals surface area contributed by atoms with E-state index < -0.39 is 0 Å². The molecular weight excluding hydrogens is 276 g/mol. The number of aromatic nitrogens is 2. The molecule has 0 unspecified atom stereocenters. The number of benzene rings is 1. The average Bonchev–Trinajstić information content (AvgIpc) is 2.46. The second-order valence-corrected chi connectivity index (χ2v) is 4.35. The van der Waals surface area contributed by atoms with Crippen LogP contribution in [0.4, 0.5) is 5.69 Å². The Labute approximate surface area is 121 Å². The Bertz CT molecular complexity index is 619. The van der Waals surface area contributed by atoms with Crippen LogP contribution in [0.5, 0.6) is 5.75 Å². The normalized spacial score (nSPS) is 9.80. The van der Waals surface area contributed by atoms with Crippen molar-refractivity contribution < 1.29 is 9.53 Å². The third-order valence-electron chi connectivity index (χ3n) is 2.27. The van der Waals surface area contributed by atoms with Gasteiger partial charge in [-0.05, 0) is 12.1 Å². The van der Waals surface area contributed by atoms with Crippen molar-refractivity contribution in [3.8, 4) is 5.75 Å². The number of ether oxygens (including phenoxy) is 1. The van der Waals surface area contributed by atoms with E-state index >= 15 is 0 Å². The van der Waals surface area contributed by atoms with Gasteiger partial charge >= 0.3 is 0 Å². The molecule has 7 heteroatoms. The van der Waals surface area contributed by atoms with Crippen LogP contribution in [0.3, 0.4) is 0 Å². The number of rotatable bonds is 5. The number of thiocarbonyl (C=S) groups is 1. The fraction of sp³-hybridized carbons (Fsp3) is 0.0769. The van der Waals surface area contributed by atoms with E-state index in [1.165, 1.54) is 18.6 Å². The van der Waals surface area contributed by atoms with Crippen LogP contribution in [0, 0.1) is 0 Å². The standard InChI is InChI=1S/C13H12N4O2S/c14-12(20)8-19-10-3-1-2-9(6-10)17-13(18)11-7-15-4-5-16-11/h1-7H,8H2,(H2,14,20)(H,17,18). The number of anilines is 1. The van der Waals surface area contributed by atoms with E-state index in [0.717, 1.165) is 0 Å². The van der Waals surface area contributed by atoms with Gasteiger partial charge in [0.2, 0.25) is 0 Å². The van der Waals surface area contributed by atoms with E-state index in [1.54, 1.807) is 24.3 Å². The molecule has 0 saturated heterocycles. The molecule has 0 radical (unpaired) electrons. The summed E-state index contributed by atoms with van der Waals surface area (Å²) in [6.45, 7) is 0.150. The van der Waals surface area contributed by atoms with Gasteiger partial charge in [0, 0.05) is 24.1 Å². The van der Waals surface area contributed by atoms with Gasteiger partial charge in [0.15, 0.2) is 0 Å². The molecule has 0 saturated carbocycles. The highest BCUT2D eigenvalue weighted by atomic mass is 32.1. The van der Waals surface area contributed by atoms with Crippen LogP contribution in [0.1, 0.15) is 10.5 Å². The fourth-order valence-electron chi connectivity index (χ4n) is 1.43. The largest absolute Gasteiger partial charge is 0.486 e. The summed E-state index contributed by atoms with van der Waals surface area (Å²) in [5, 5.41) is 2.70. The Morgan fingerprint density at radius 3 is 2.95 bits per heavy atom. The smallest absolute Gasteiger partial charge is 0.275 e. The number of carbonyl (C=O) groups is 1. The molecule has 20 heavy (non-hydrogen) atoms. The zero-order chi connectivity index (χ0) is 14.4. The van der Waals surface area contributed by atoms with E-state index in [9.17, 15) is 4.79 Å². The van der Waals surface area contributed by atoms with Crippen LogP contribution in [0.25, 0.3) is 0 Å². The molecule has 3 N–H and O–H groups in total. The van der Waals surface area contributed by atoms with Gasteiger partial charge in [-0.25, -0.2) is 4.98 Å². The zero-order valence-electron chi connectivity index (χ0n) is 10.4. The van der Waals surface area contributed by atoms with Crippen molar-refractivity contribution in [2.75, 3.05) is 11.9 Å². The molecular formula is C13H12N4O2S. The minimum Gasteiger partial charge on any atom is -0.486 e. The number of nitrogens with two attached hydrogens (primary N) is 1. The van der Waals surface area contributed by atoms with Crippen LogP contribution in [-0.4, -0.2) is 27.5 Å². The van der Waals surface area contributed by atoms with E-state index in [0.29, 0.717) is 11.4 Å². The molecule has 0 spiro atoms. The maximum Gasteiger partial charge on any atom is 0.275 e.